The SMILES string of the molecule is O=C1N=C(N2CCOCC2)S/C1=C\c1cn(-c2ccccc2)nc1-c1ccc(Cl)cc1. The number of nitrogens with zero attached hydrogens (tertiary/aromatic N) is 4. The van der Waals surface area contributed by atoms with Gasteiger partial charge in [0.1, 0.15) is 0 Å². The Kier molecular flexibility index (Phi) is 5.63. The topological polar surface area (TPSA) is 59.7 Å². The van der Waals surface area contributed by atoms with Crippen LogP contribution in [-0.4, -0.2) is 52.1 Å². The van der Waals surface area contributed by atoms with Gasteiger partial charge in [-0.1, -0.05) is 41.9 Å². The van der Waals surface area contributed by atoms with Crippen molar-refractivity contribution in [3.8, 4) is 16.9 Å². The second kappa shape index (κ2) is 8.70. The van der Waals surface area contributed by atoms with Gasteiger partial charge in [0.25, 0.3) is 5.91 Å². The summed E-state index contributed by atoms with van der Waals surface area (Å²) >= 11 is 7.48. The Balaban J connectivity index is 1.51. The van der Waals surface area contributed by atoms with E-state index in [1.807, 2.05) is 71.6 Å². The maximum Gasteiger partial charge on any atom is 0.286 e. The van der Waals surface area contributed by atoms with Gasteiger partial charge in [-0.2, -0.15) is 10.1 Å². The van der Waals surface area contributed by atoms with Crippen LogP contribution in [0.5, 0.6) is 0 Å². The molecule has 0 N–H and O–H groups in total. The lowest BCUT2D eigenvalue weighted by Gasteiger charge is -2.27. The molecule has 0 spiro atoms. The monoisotopic (exact) mass is 450 g/mol. The van der Waals surface area contributed by atoms with Crippen molar-refractivity contribution in [2.75, 3.05) is 26.3 Å². The largest absolute Gasteiger partial charge is 0.378 e. The first kappa shape index (κ1) is 20.1. The molecule has 0 aliphatic carbocycles. The van der Waals surface area contributed by atoms with Gasteiger partial charge in [-0.3, -0.25) is 4.79 Å². The molecule has 8 heteroatoms. The first-order valence-corrected chi connectivity index (χ1v) is 11.1. The molecule has 6 nitrogen and oxygen atoms in total. The fourth-order valence-electron chi connectivity index (χ4n) is 3.47. The van der Waals surface area contributed by atoms with Crippen molar-refractivity contribution in [2.45, 2.75) is 0 Å². The number of morpholine rings is 1. The van der Waals surface area contributed by atoms with Crippen LogP contribution in [0, 0.1) is 0 Å². The lowest BCUT2D eigenvalue weighted by atomic mass is 10.1. The summed E-state index contributed by atoms with van der Waals surface area (Å²) in [5.74, 6) is -0.221. The highest BCUT2D eigenvalue weighted by Crippen LogP contribution is 2.33. The minimum absolute atomic E-state index is 0.221. The van der Waals surface area contributed by atoms with E-state index in [9.17, 15) is 4.79 Å². The molecular formula is C23H19ClN4O2S. The Labute approximate surface area is 189 Å². The highest BCUT2D eigenvalue weighted by Gasteiger charge is 2.27. The predicted octanol–water partition coefficient (Wildman–Crippen LogP) is 4.50. The van der Waals surface area contributed by atoms with E-state index in [2.05, 4.69) is 9.89 Å². The van der Waals surface area contributed by atoms with Crippen LogP contribution in [0.1, 0.15) is 5.56 Å². The van der Waals surface area contributed by atoms with Crippen molar-refractivity contribution in [1.29, 1.82) is 0 Å². The first-order valence-electron chi connectivity index (χ1n) is 9.94. The molecule has 2 aromatic carbocycles. The summed E-state index contributed by atoms with van der Waals surface area (Å²) in [5, 5.41) is 6.20. The third kappa shape index (κ3) is 4.30. The van der Waals surface area contributed by atoms with Crippen molar-refractivity contribution in [3.05, 3.63) is 76.3 Å². The van der Waals surface area contributed by atoms with E-state index in [0.717, 1.165) is 40.8 Å². The highest BCUT2D eigenvalue weighted by atomic mass is 35.5. The lowest BCUT2D eigenvalue weighted by Crippen LogP contribution is -2.38. The molecule has 5 rings (SSSR count). The maximum absolute atomic E-state index is 12.6. The van der Waals surface area contributed by atoms with Crippen molar-refractivity contribution in [2.24, 2.45) is 4.99 Å². The van der Waals surface area contributed by atoms with E-state index >= 15 is 0 Å². The fraction of sp³-hybridized carbons (Fsp3) is 0.174. The van der Waals surface area contributed by atoms with Gasteiger partial charge in [-0.25, -0.2) is 4.68 Å². The van der Waals surface area contributed by atoms with Gasteiger partial charge in [0, 0.05) is 35.4 Å². The van der Waals surface area contributed by atoms with Gasteiger partial charge in [-0.15, -0.1) is 0 Å². The van der Waals surface area contributed by atoms with E-state index in [0.29, 0.717) is 23.1 Å². The average molecular weight is 451 g/mol. The summed E-state index contributed by atoms with van der Waals surface area (Å²) in [6.45, 7) is 2.79. The standard InChI is InChI=1S/C23H19ClN4O2S/c24-18-8-6-16(7-9-18)21-17(15-28(26-21)19-4-2-1-3-5-19)14-20-22(29)25-23(31-20)27-10-12-30-13-11-27/h1-9,14-15H,10-13H2/b20-14-. The summed E-state index contributed by atoms with van der Waals surface area (Å²) < 4.78 is 7.22. The number of thioether (sulfide) groups is 1. The van der Waals surface area contributed by atoms with Crippen molar-refractivity contribution < 1.29 is 9.53 Å². The van der Waals surface area contributed by atoms with Gasteiger partial charge in [-0.05, 0) is 42.1 Å². The van der Waals surface area contributed by atoms with Gasteiger partial charge in [0.15, 0.2) is 5.17 Å². The Hall–Kier alpha value is -2.87. The predicted molar refractivity (Wildman–Crippen MR) is 124 cm³/mol. The van der Waals surface area contributed by atoms with E-state index in [1.165, 1.54) is 11.8 Å². The van der Waals surface area contributed by atoms with E-state index in [1.54, 1.807) is 0 Å². The molecule has 1 fully saturated rings. The number of ether oxygens (including phenoxy) is 1. The third-order valence-corrected chi connectivity index (χ3v) is 6.35. The molecule has 0 bridgehead atoms. The number of hydrogen-bond acceptors (Lipinski definition) is 5. The number of halogens is 1. The number of carbonyl (C=O) groups excluding carboxylic acids is 1. The first-order chi connectivity index (χ1) is 15.2. The number of para-hydroxylation sites is 1. The minimum atomic E-state index is -0.221. The number of benzene rings is 2. The summed E-state index contributed by atoms with van der Waals surface area (Å²) in [5.41, 5.74) is 3.50. The fourth-order valence-corrected chi connectivity index (χ4v) is 4.55. The van der Waals surface area contributed by atoms with Crippen molar-refractivity contribution in [1.82, 2.24) is 14.7 Å². The molecule has 0 atom stereocenters. The Bertz CT molecular complexity index is 1170. The molecular weight excluding hydrogens is 432 g/mol. The van der Waals surface area contributed by atoms with Crippen LogP contribution >= 0.6 is 23.4 Å². The van der Waals surface area contributed by atoms with E-state index in [-0.39, 0.29) is 5.91 Å². The van der Waals surface area contributed by atoms with Crippen LogP contribution in [0.15, 0.2) is 70.7 Å². The van der Waals surface area contributed by atoms with Crippen LogP contribution < -0.4 is 0 Å². The van der Waals surface area contributed by atoms with Gasteiger partial charge in [0.2, 0.25) is 0 Å². The molecule has 0 unspecified atom stereocenters. The second-order valence-corrected chi connectivity index (χ2v) is 8.58. The molecule has 31 heavy (non-hydrogen) atoms. The number of amidine groups is 1. The zero-order chi connectivity index (χ0) is 21.2. The Morgan fingerprint density at radius 1 is 1.03 bits per heavy atom. The Morgan fingerprint density at radius 2 is 1.77 bits per heavy atom. The number of rotatable bonds is 3. The number of amides is 1. The molecule has 1 aromatic heterocycles. The lowest BCUT2D eigenvalue weighted by molar-refractivity contribution is -0.113. The molecule has 1 saturated heterocycles. The Morgan fingerprint density at radius 3 is 2.52 bits per heavy atom. The quantitative estimate of drug-likeness (QED) is 0.550. The van der Waals surface area contributed by atoms with E-state index < -0.39 is 0 Å². The number of hydrogen-bond donors (Lipinski definition) is 0. The molecule has 3 heterocycles. The maximum atomic E-state index is 12.6. The molecule has 2 aliphatic heterocycles. The smallest absolute Gasteiger partial charge is 0.286 e. The zero-order valence-electron chi connectivity index (χ0n) is 16.6. The number of aliphatic imine (C=N–C) groups is 1. The summed E-state index contributed by atoms with van der Waals surface area (Å²) in [4.78, 5) is 19.6. The third-order valence-electron chi connectivity index (χ3n) is 5.06. The minimum Gasteiger partial charge on any atom is -0.378 e. The van der Waals surface area contributed by atoms with Crippen LogP contribution in [0.3, 0.4) is 0 Å². The van der Waals surface area contributed by atoms with Crippen LogP contribution in [0.4, 0.5) is 0 Å². The highest BCUT2D eigenvalue weighted by molar-refractivity contribution is 8.18. The van der Waals surface area contributed by atoms with Gasteiger partial charge >= 0.3 is 0 Å². The van der Waals surface area contributed by atoms with Crippen molar-refractivity contribution >= 4 is 40.5 Å². The zero-order valence-corrected chi connectivity index (χ0v) is 18.1. The molecule has 156 valence electrons. The van der Waals surface area contributed by atoms with E-state index in [4.69, 9.17) is 21.4 Å². The van der Waals surface area contributed by atoms with Crippen molar-refractivity contribution in [3.63, 3.8) is 0 Å². The van der Waals surface area contributed by atoms with Gasteiger partial charge < -0.3 is 9.64 Å². The van der Waals surface area contributed by atoms with Crippen LogP contribution in [-0.2, 0) is 9.53 Å². The second-order valence-electron chi connectivity index (χ2n) is 7.13. The van der Waals surface area contributed by atoms with Gasteiger partial charge in [0.05, 0.1) is 29.5 Å². The molecule has 0 radical (unpaired) electrons. The van der Waals surface area contributed by atoms with Crippen LogP contribution in [0.25, 0.3) is 23.0 Å². The number of aromatic nitrogens is 2. The normalized spacial score (nSPS) is 18.0. The molecule has 3 aromatic rings. The summed E-state index contributed by atoms with van der Waals surface area (Å²) in [6.07, 6.45) is 3.81. The summed E-state index contributed by atoms with van der Waals surface area (Å²) in [7, 11) is 0. The molecule has 0 saturated carbocycles. The number of carbonyl (C=O) groups is 1. The molecule has 2 aliphatic rings. The molecule has 1 amide bonds. The average Bonchev–Trinajstić information content (AvgIpc) is 3.40. The summed E-state index contributed by atoms with van der Waals surface area (Å²) in [6, 6.07) is 17.4. The van der Waals surface area contributed by atoms with Crippen LogP contribution in [0.2, 0.25) is 5.02 Å².